The minimum atomic E-state index is 0.0717. The fourth-order valence-corrected chi connectivity index (χ4v) is 4.78. The number of anilines is 1. The Balaban J connectivity index is 1.48. The molecule has 2 N–H and O–H groups in total. The van der Waals surface area contributed by atoms with Crippen LogP contribution < -0.4 is 10.6 Å². The number of nitrogens with zero attached hydrogens (tertiary/aromatic N) is 1. The Morgan fingerprint density at radius 1 is 1.29 bits per heavy atom. The number of hydrogen-bond donors (Lipinski definition) is 2. The van der Waals surface area contributed by atoms with E-state index in [0.29, 0.717) is 6.04 Å². The molecule has 4 unspecified atom stereocenters. The first-order chi connectivity index (χ1) is 10.2. The zero-order valence-corrected chi connectivity index (χ0v) is 12.7. The maximum absolute atomic E-state index is 12.5. The lowest BCUT2D eigenvalue weighted by molar-refractivity contribution is 0.0944. The van der Waals surface area contributed by atoms with E-state index in [1.54, 1.807) is 0 Å². The van der Waals surface area contributed by atoms with Crippen LogP contribution in [0.1, 0.15) is 42.2 Å². The maximum atomic E-state index is 12.5. The number of rotatable bonds is 4. The number of carbonyl (C=O) groups is 1. The van der Waals surface area contributed by atoms with Crippen molar-refractivity contribution < 1.29 is 4.79 Å². The molecule has 4 heteroatoms. The minimum Gasteiger partial charge on any atom is -0.373 e. The van der Waals surface area contributed by atoms with Gasteiger partial charge in [0.05, 0.1) is 0 Å². The molecule has 3 aliphatic carbocycles. The summed E-state index contributed by atoms with van der Waals surface area (Å²) in [5.41, 5.74) is 1.70. The molecule has 21 heavy (non-hydrogen) atoms. The Hall–Kier alpha value is -1.58. The second-order valence-corrected chi connectivity index (χ2v) is 6.82. The Kier molecular flexibility index (Phi) is 2.95. The normalized spacial score (nSPS) is 35.4. The first kappa shape index (κ1) is 13.1. The highest BCUT2D eigenvalue weighted by atomic mass is 16.1. The third kappa shape index (κ3) is 2.03. The summed E-state index contributed by atoms with van der Waals surface area (Å²) in [4.78, 5) is 17.0. The average Bonchev–Trinajstić information content (AvgIpc) is 2.90. The highest BCUT2D eigenvalue weighted by Gasteiger charge is 2.65. The topological polar surface area (TPSA) is 54.0 Å². The van der Waals surface area contributed by atoms with Crippen LogP contribution in [0.2, 0.25) is 0 Å². The predicted octanol–water partition coefficient (Wildman–Crippen LogP) is 2.46. The lowest BCUT2D eigenvalue weighted by Crippen LogP contribution is -2.30. The highest BCUT2D eigenvalue weighted by Crippen LogP contribution is 2.65. The Morgan fingerprint density at radius 3 is 2.62 bits per heavy atom. The van der Waals surface area contributed by atoms with Crippen LogP contribution in [0, 0.1) is 23.7 Å². The molecule has 0 radical (unpaired) electrons. The van der Waals surface area contributed by atoms with Crippen LogP contribution in [-0.4, -0.2) is 24.0 Å². The molecule has 4 atom stereocenters. The SMILES string of the molecule is CCc1cc(C(=O)NC2C3C4CCC(C4)C23)cc(NC)n1. The lowest BCUT2D eigenvalue weighted by Gasteiger charge is -2.12. The molecule has 4 nitrogen and oxygen atoms in total. The third-order valence-corrected chi connectivity index (χ3v) is 5.79. The smallest absolute Gasteiger partial charge is 0.251 e. The van der Waals surface area contributed by atoms with Crippen LogP contribution in [0.25, 0.3) is 0 Å². The fourth-order valence-electron chi connectivity index (χ4n) is 4.78. The van der Waals surface area contributed by atoms with Gasteiger partial charge < -0.3 is 10.6 Å². The van der Waals surface area contributed by atoms with Gasteiger partial charge in [-0.3, -0.25) is 4.79 Å². The van der Waals surface area contributed by atoms with E-state index in [2.05, 4.69) is 22.5 Å². The van der Waals surface area contributed by atoms with Crippen LogP contribution in [0.5, 0.6) is 0 Å². The largest absolute Gasteiger partial charge is 0.373 e. The fraction of sp³-hybridized carbons (Fsp3) is 0.647. The lowest BCUT2D eigenvalue weighted by atomic mass is 10.0. The monoisotopic (exact) mass is 285 g/mol. The Bertz CT molecular complexity index is 547. The van der Waals surface area contributed by atoms with E-state index in [0.717, 1.165) is 47.2 Å². The second-order valence-electron chi connectivity index (χ2n) is 6.82. The summed E-state index contributed by atoms with van der Waals surface area (Å²) in [6, 6.07) is 4.21. The molecule has 1 heterocycles. The Morgan fingerprint density at radius 2 is 2.00 bits per heavy atom. The van der Waals surface area contributed by atoms with E-state index >= 15 is 0 Å². The number of hydrogen-bond acceptors (Lipinski definition) is 3. The van der Waals surface area contributed by atoms with E-state index in [9.17, 15) is 4.79 Å². The maximum Gasteiger partial charge on any atom is 0.251 e. The summed E-state index contributed by atoms with van der Waals surface area (Å²) in [7, 11) is 1.84. The van der Waals surface area contributed by atoms with Gasteiger partial charge in [0.25, 0.3) is 5.91 Å². The zero-order chi connectivity index (χ0) is 14.6. The number of pyridine rings is 1. The zero-order valence-electron chi connectivity index (χ0n) is 12.7. The molecule has 3 aliphatic rings. The molecule has 4 rings (SSSR count). The van der Waals surface area contributed by atoms with Gasteiger partial charge in [-0.15, -0.1) is 0 Å². The molecule has 0 spiro atoms. The molecule has 0 saturated heterocycles. The van der Waals surface area contributed by atoms with Gasteiger partial charge in [-0.25, -0.2) is 4.98 Å². The van der Waals surface area contributed by atoms with Crippen molar-refractivity contribution in [2.45, 2.75) is 38.6 Å². The molecule has 2 bridgehead atoms. The van der Waals surface area contributed by atoms with Crippen molar-refractivity contribution in [2.75, 3.05) is 12.4 Å². The average molecular weight is 285 g/mol. The van der Waals surface area contributed by atoms with E-state index in [1.807, 2.05) is 19.2 Å². The number of aromatic nitrogens is 1. The number of nitrogens with one attached hydrogen (secondary N) is 2. The summed E-state index contributed by atoms with van der Waals surface area (Å²) in [5.74, 6) is 4.19. The second kappa shape index (κ2) is 4.72. The van der Waals surface area contributed by atoms with Crippen molar-refractivity contribution in [3.8, 4) is 0 Å². The van der Waals surface area contributed by atoms with E-state index in [4.69, 9.17) is 0 Å². The molecule has 3 saturated carbocycles. The van der Waals surface area contributed by atoms with Crippen LogP contribution in [-0.2, 0) is 6.42 Å². The number of carbonyl (C=O) groups excluding carboxylic acids is 1. The van der Waals surface area contributed by atoms with E-state index in [1.165, 1.54) is 19.3 Å². The third-order valence-electron chi connectivity index (χ3n) is 5.79. The molecule has 1 aromatic rings. The van der Waals surface area contributed by atoms with Gasteiger partial charge in [-0.05, 0) is 61.5 Å². The molecule has 1 aromatic heterocycles. The van der Waals surface area contributed by atoms with Crippen molar-refractivity contribution in [1.29, 1.82) is 0 Å². The van der Waals surface area contributed by atoms with Crippen molar-refractivity contribution in [3.05, 3.63) is 23.4 Å². The summed E-state index contributed by atoms with van der Waals surface area (Å²) in [6.45, 7) is 2.06. The van der Waals surface area contributed by atoms with Gasteiger partial charge in [0.2, 0.25) is 0 Å². The Labute approximate surface area is 125 Å². The van der Waals surface area contributed by atoms with E-state index in [-0.39, 0.29) is 5.91 Å². The van der Waals surface area contributed by atoms with Crippen LogP contribution in [0.4, 0.5) is 5.82 Å². The minimum absolute atomic E-state index is 0.0717. The number of aryl methyl sites for hydroxylation is 1. The van der Waals surface area contributed by atoms with Crippen LogP contribution in [0.15, 0.2) is 12.1 Å². The number of fused-ring (bicyclic) bond motifs is 5. The van der Waals surface area contributed by atoms with Gasteiger partial charge in [0.1, 0.15) is 5.82 Å². The molecule has 3 fully saturated rings. The van der Waals surface area contributed by atoms with E-state index < -0.39 is 0 Å². The summed E-state index contributed by atoms with van der Waals surface area (Å²) in [6.07, 6.45) is 5.03. The predicted molar refractivity (Wildman–Crippen MR) is 82.2 cm³/mol. The molecule has 0 aromatic carbocycles. The quantitative estimate of drug-likeness (QED) is 0.893. The van der Waals surface area contributed by atoms with Gasteiger partial charge >= 0.3 is 0 Å². The molecular weight excluding hydrogens is 262 g/mol. The molecule has 112 valence electrons. The first-order valence-electron chi connectivity index (χ1n) is 8.21. The standard InChI is InChI=1S/C17H23N3O/c1-3-12-7-11(8-13(18-2)19-12)17(21)20-16-14-9-4-5-10(6-9)15(14)16/h7-10,14-16H,3-6H2,1-2H3,(H,18,19)(H,20,21). The summed E-state index contributed by atoms with van der Waals surface area (Å²) < 4.78 is 0. The molecule has 0 aliphatic heterocycles. The van der Waals surface area contributed by atoms with Gasteiger partial charge in [0, 0.05) is 24.3 Å². The van der Waals surface area contributed by atoms with Crippen molar-refractivity contribution in [2.24, 2.45) is 23.7 Å². The molecule has 1 amide bonds. The van der Waals surface area contributed by atoms with Crippen LogP contribution >= 0.6 is 0 Å². The first-order valence-corrected chi connectivity index (χ1v) is 8.21. The van der Waals surface area contributed by atoms with Gasteiger partial charge in [0.15, 0.2) is 0 Å². The van der Waals surface area contributed by atoms with Crippen LogP contribution in [0.3, 0.4) is 0 Å². The highest BCUT2D eigenvalue weighted by molar-refractivity contribution is 5.95. The summed E-state index contributed by atoms with van der Waals surface area (Å²) >= 11 is 0. The van der Waals surface area contributed by atoms with Gasteiger partial charge in [-0.1, -0.05) is 6.92 Å². The van der Waals surface area contributed by atoms with Crippen molar-refractivity contribution >= 4 is 11.7 Å². The van der Waals surface area contributed by atoms with Crippen molar-refractivity contribution in [3.63, 3.8) is 0 Å². The summed E-state index contributed by atoms with van der Waals surface area (Å²) in [5, 5.41) is 6.32. The number of amides is 1. The van der Waals surface area contributed by atoms with Gasteiger partial charge in [-0.2, -0.15) is 0 Å². The molecular formula is C17H23N3O. The van der Waals surface area contributed by atoms with Crippen molar-refractivity contribution in [1.82, 2.24) is 10.3 Å².